The number of phenolic OH excluding ortho intramolecular Hbond substituents is 4. The molecule has 0 bridgehead atoms. The van der Waals surface area contributed by atoms with E-state index in [0.29, 0.717) is 5.56 Å². The molecule has 3 rings (SSSR count). The predicted molar refractivity (Wildman–Crippen MR) is 107 cm³/mol. The Morgan fingerprint density at radius 1 is 0.969 bits per heavy atom. The second kappa shape index (κ2) is 9.42. The van der Waals surface area contributed by atoms with E-state index in [4.69, 9.17) is 9.47 Å². The summed E-state index contributed by atoms with van der Waals surface area (Å²) in [5, 5.41) is 78.9. The first-order valence-corrected chi connectivity index (χ1v) is 9.40. The van der Waals surface area contributed by atoms with Crippen molar-refractivity contribution in [3.63, 3.8) is 0 Å². The normalized spacial score (nSPS) is 25.7. The van der Waals surface area contributed by atoms with Gasteiger partial charge in [-0.3, -0.25) is 4.79 Å². The van der Waals surface area contributed by atoms with Crippen molar-refractivity contribution in [2.75, 3.05) is 6.61 Å². The number of carbonyl (C=O) groups excluding carboxylic acids is 1. The molecule has 8 N–H and O–H groups in total. The Morgan fingerprint density at radius 2 is 1.62 bits per heavy atom. The molecule has 2 aromatic carbocycles. The third-order valence-corrected chi connectivity index (χ3v) is 4.86. The Bertz CT molecular complexity index is 1000. The van der Waals surface area contributed by atoms with E-state index in [0.717, 1.165) is 12.1 Å². The molecule has 32 heavy (non-hydrogen) atoms. The van der Waals surface area contributed by atoms with Gasteiger partial charge in [0.15, 0.2) is 17.3 Å². The van der Waals surface area contributed by atoms with Crippen LogP contribution in [0.3, 0.4) is 0 Å². The Balaban J connectivity index is 1.89. The number of ether oxygens (including phenoxy) is 2. The van der Waals surface area contributed by atoms with Crippen molar-refractivity contribution in [1.29, 1.82) is 0 Å². The van der Waals surface area contributed by atoms with Gasteiger partial charge in [0.1, 0.15) is 41.5 Å². The number of carbonyl (C=O) groups is 1. The van der Waals surface area contributed by atoms with E-state index in [-0.39, 0.29) is 5.75 Å². The fraction of sp³-hybridized carbons (Fsp3) is 0.286. The Morgan fingerprint density at radius 3 is 2.25 bits per heavy atom. The molecule has 0 unspecified atom stereocenters. The maximum absolute atomic E-state index is 12.6. The topological polar surface area (TPSA) is 197 Å². The Labute approximate surface area is 181 Å². The maximum atomic E-state index is 12.6. The van der Waals surface area contributed by atoms with Crippen LogP contribution < -0.4 is 4.74 Å². The number of benzene rings is 2. The van der Waals surface area contributed by atoms with Gasteiger partial charge in [-0.1, -0.05) is 18.2 Å². The van der Waals surface area contributed by atoms with Crippen LogP contribution in [0.1, 0.15) is 15.9 Å². The van der Waals surface area contributed by atoms with Crippen LogP contribution in [-0.2, 0) is 4.74 Å². The average Bonchev–Trinajstić information content (AvgIpc) is 2.75. The minimum Gasteiger partial charge on any atom is -0.508 e. The highest BCUT2D eigenvalue weighted by Crippen LogP contribution is 2.45. The molecule has 5 atom stereocenters. The molecule has 1 aliphatic heterocycles. The van der Waals surface area contributed by atoms with E-state index in [1.165, 1.54) is 30.3 Å². The van der Waals surface area contributed by atoms with Crippen molar-refractivity contribution in [2.24, 2.45) is 0 Å². The van der Waals surface area contributed by atoms with Crippen molar-refractivity contribution in [3.8, 4) is 28.7 Å². The van der Waals surface area contributed by atoms with Crippen molar-refractivity contribution in [2.45, 2.75) is 30.7 Å². The molecule has 11 nitrogen and oxygen atoms in total. The summed E-state index contributed by atoms with van der Waals surface area (Å²) in [4.78, 5) is 12.6. The SMILES string of the molecule is O=C(/C=C/c1ccc(O)cc1)c1c(O)cc(O)c(O[C@@H]2O[C@H](CO)[C@@H](O)[C@@H](O)[C@H]2O)c1O. The summed E-state index contributed by atoms with van der Waals surface area (Å²) < 4.78 is 10.4. The number of phenols is 4. The molecule has 1 fully saturated rings. The predicted octanol–water partition coefficient (Wildman–Crippen LogP) is -0.416. The van der Waals surface area contributed by atoms with Gasteiger partial charge < -0.3 is 50.3 Å². The van der Waals surface area contributed by atoms with Crippen LogP contribution in [0.2, 0.25) is 0 Å². The fourth-order valence-electron chi connectivity index (χ4n) is 3.10. The molecule has 2 aromatic rings. The summed E-state index contributed by atoms with van der Waals surface area (Å²) in [5.41, 5.74) is -0.0934. The molecule has 0 aliphatic carbocycles. The van der Waals surface area contributed by atoms with Gasteiger partial charge in [-0.25, -0.2) is 0 Å². The number of hydrogen-bond acceptors (Lipinski definition) is 11. The largest absolute Gasteiger partial charge is 0.508 e. The molecule has 172 valence electrons. The highest BCUT2D eigenvalue weighted by Gasteiger charge is 2.45. The van der Waals surface area contributed by atoms with E-state index in [2.05, 4.69) is 0 Å². The second-order valence-corrected chi connectivity index (χ2v) is 7.07. The minimum atomic E-state index is -1.84. The minimum absolute atomic E-state index is 0.0253. The molecule has 0 radical (unpaired) electrons. The van der Waals surface area contributed by atoms with E-state index in [9.17, 15) is 45.6 Å². The van der Waals surface area contributed by atoms with Gasteiger partial charge in [0.05, 0.1) is 6.61 Å². The summed E-state index contributed by atoms with van der Waals surface area (Å²) in [6.07, 6.45) is -5.95. The van der Waals surface area contributed by atoms with Crippen molar-refractivity contribution in [1.82, 2.24) is 0 Å². The molecule has 0 amide bonds. The number of aliphatic hydroxyl groups excluding tert-OH is 4. The molecular formula is C21H22O11. The fourth-order valence-corrected chi connectivity index (χ4v) is 3.10. The molecule has 0 saturated carbocycles. The molecule has 1 aliphatic rings. The van der Waals surface area contributed by atoms with Crippen molar-refractivity contribution in [3.05, 3.63) is 47.5 Å². The summed E-state index contributed by atoms with van der Waals surface area (Å²) >= 11 is 0. The standard InChI is InChI=1S/C21H22O11/c22-8-14-16(27)18(29)19(30)21(31-14)32-20-13(26)7-12(25)15(17(20)28)11(24)6-3-9-1-4-10(23)5-2-9/h1-7,14,16,18-19,21-23,25-30H,8H2/b6-3+/t14-,16-,18-,19-,21+/m1/s1. The quantitative estimate of drug-likeness (QED) is 0.210. The lowest BCUT2D eigenvalue weighted by molar-refractivity contribution is -0.277. The molecular weight excluding hydrogens is 428 g/mol. The van der Waals surface area contributed by atoms with Crippen molar-refractivity contribution >= 4 is 11.9 Å². The number of hydrogen-bond donors (Lipinski definition) is 8. The van der Waals surface area contributed by atoms with E-state index in [1.54, 1.807) is 0 Å². The van der Waals surface area contributed by atoms with Crippen LogP contribution in [0.25, 0.3) is 6.08 Å². The smallest absolute Gasteiger partial charge is 0.229 e. The second-order valence-electron chi connectivity index (χ2n) is 7.07. The van der Waals surface area contributed by atoms with Crippen LogP contribution in [0.15, 0.2) is 36.4 Å². The number of rotatable bonds is 6. The zero-order chi connectivity index (χ0) is 23.6. The number of allylic oxidation sites excluding steroid dienone is 1. The van der Waals surface area contributed by atoms with Crippen LogP contribution in [-0.4, -0.2) is 83.9 Å². The summed E-state index contributed by atoms with van der Waals surface area (Å²) in [6, 6.07) is 6.55. The van der Waals surface area contributed by atoms with Crippen LogP contribution in [0, 0.1) is 0 Å². The summed E-state index contributed by atoms with van der Waals surface area (Å²) in [6.45, 7) is -0.732. The molecule has 0 spiro atoms. The van der Waals surface area contributed by atoms with Crippen LogP contribution >= 0.6 is 0 Å². The first-order chi connectivity index (χ1) is 15.1. The lowest BCUT2D eigenvalue weighted by atomic mass is 9.99. The van der Waals surface area contributed by atoms with E-state index >= 15 is 0 Å². The summed E-state index contributed by atoms with van der Waals surface area (Å²) in [5.74, 6) is -4.13. The number of aromatic hydroxyl groups is 4. The molecule has 1 saturated heterocycles. The van der Waals surface area contributed by atoms with E-state index < -0.39 is 71.7 Å². The zero-order valence-corrected chi connectivity index (χ0v) is 16.4. The zero-order valence-electron chi connectivity index (χ0n) is 16.4. The lowest BCUT2D eigenvalue weighted by Gasteiger charge is -2.39. The van der Waals surface area contributed by atoms with Gasteiger partial charge in [-0.15, -0.1) is 0 Å². The van der Waals surface area contributed by atoms with E-state index in [1.807, 2.05) is 0 Å². The average molecular weight is 450 g/mol. The van der Waals surface area contributed by atoms with Crippen molar-refractivity contribution < 1.29 is 55.1 Å². The third-order valence-electron chi connectivity index (χ3n) is 4.86. The van der Waals surface area contributed by atoms with Gasteiger partial charge in [0.25, 0.3) is 0 Å². The highest BCUT2D eigenvalue weighted by atomic mass is 16.7. The van der Waals surface area contributed by atoms with Gasteiger partial charge in [0, 0.05) is 6.07 Å². The molecule has 11 heteroatoms. The van der Waals surface area contributed by atoms with Crippen LogP contribution in [0.5, 0.6) is 28.7 Å². The first kappa shape index (κ1) is 23.3. The maximum Gasteiger partial charge on any atom is 0.229 e. The Kier molecular flexibility index (Phi) is 6.87. The number of ketones is 1. The summed E-state index contributed by atoms with van der Waals surface area (Å²) in [7, 11) is 0. The monoisotopic (exact) mass is 450 g/mol. The number of aliphatic hydroxyl groups is 4. The highest BCUT2D eigenvalue weighted by molar-refractivity contribution is 6.11. The molecule has 1 heterocycles. The Hall–Kier alpha value is -3.35. The first-order valence-electron chi connectivity index (χ1n) is 9.40. The van der Waals surface area contributed by atoms with Gasteiger partial charge in [0.2, 0.25) is 12.0 Å². The third kappa shape index (κ3) is 4.61. The van der Waals surface area contributed by atoms with Gasteiger partial charge in [-0.05, 0) is 23.8 Å². The van der Waals surface area contributed by atoms with Gasteiger partial charge in [-0.2, -0.15) is 0 Å². The van der Waals surface area contributed by atoms with Gasteiger partial charge >= 0.3 is 0 Å². The molecule has 0 aromatic heterocycles. The lowest BCUT2D eigenvalue weighted by Crippen LogP contribution is -2.60. The van der Waals surface area contributed by atoms with Crippen LogP contribution in [0.4, 0.5) is 0 Å².